The maximum absolute atomic E-state index is 12.0. The van der Waals surface area contributed by atoms with Crippen molar-refractivity contribution in [2.45, 2.75) is 11.3 Å². The van der Waals surface area contributed by atoms with Gasteiger partial charge in [0.05, 0.1) is 15.4 Å². The topological polar surface area (TPSA) is 98.5 Å². The number of rotatable bonds is 8. The average molecular weight is 409 g/mol. The maximum Gasteiger partial charge on any atom is 0.338 e. The highest BCUT2D eigenvalue weighted by Crippen LogP contribution is 2.28. The summed E-state index contributed by atoms with van der Waals surface area (Å²) in [4.78, 5) is 34.7. The maximum atomic E-state index is 12.0. The van der Waals surface area contributed by atoms with Crippen LogP contribution in [0.5, 0.6) is 0 Å². The summed E-state index contributed by atoms with van der Waals surface area (Å²) in [6, 6.07) is 11.3. The Kier molecular flexibility index (Phi) is 7.63. The van der Waals surface area contributed by atoms with E-state index in [1.165, 1.54) is 23.9 Å². The Balaban J connectivity index is 1.82. The Morgan fingerprint density at radius 3 is 2.56 bits per heavy atom. The van der Waals surface area contributed by atoms with Crippen LogP contribution in [0, 0.1) is 10.1 Å². The first kappa shape index (κ1) is 20.7. The molecule has 0 radical (unpaired) electrons. The summed E-state index contributed by atoms with van der Waals surface area (Å²) in [5.41, 5.74) is 0.857. The average Bonchev–Trinajstić information content (AvgIpc) is 2.67. The van der Waals surface area contributed by atoms with Gasteiger partial charge >= 0.3 is 5.97 Å². The minimum atomic E-state index is -0.793. The van der Waals surface area contributed by atoms with Gasteiger partial charge in [-0.2, -0.15) is 0 Å². The van der Waals surface area contributed by atoms with E-state index in [2.05, 4.69) is 5.32 Å². The van der Waals surface area contributed by atoms with E-state index in [9.17, 15) is 19.7 Å². The van der Waals surface area contributed by atoms with Crippen molar-refractivity contribution in [3.8, 4) is 0 Å². The first-order valence-electron chi connectivity index (χ1n) is 7.91. The van der Waals surface area contributed by atoms with Gasteiger partial charge in [0, 0.05) is 17.6 Å². The lowest BCUT2D eigenvalue weighted by Gasteiger charge is -2.07. The molecule has 0 saturated heterocycles. The number of hydrogen-bond donors (Lipinski definition) is 1. The molecule has 0 unspecified atom stereocenters. The Hall–Kier alpha value is -2.58. The van der Waals surface area contributed by atoms with Crippen LogP contribution in [0.2, 0.25) is 5.02 Å². The number of esters is 1. The third-order valence-corrected chi connectivity index (χ3v) is 4.63. The summed E-state index contributed by atoms with van der Waals surface area (Å²) < 4.78 is 4.92. The molecule has 0 fully saturated rings. The van der Waals surface area contributed by atoms with Crippen LogP contribution in [-0.4, -0.2) is 36.2 Å². The third-order valence-electron chi connectivity index (χ3n) is 3.59. The largest absolute Gasteiger partial charge is 0.452 e. The number of nitro benzene ring substituents is 1. The molecule has 9 heteroatoms. The van der Waals surface area contributed by atoms with Crippen molar-refractivity contribution >= 4 is 40.9 Å². The second-order valence-corrected chi connectivity index (χ2v) is 6.73. The van der Waals surface area contributed by atoms with Crippen molar-refractivity contribution in [1.82, 2.24) is 5.32 Å². The first-order valence-corrected chi connectivity index (χ1v) is 9.51. The monoisotopic (exact) mass is 408 g/mol. The summed E-state index contributed by atoms with van der Waals surface area (Å²) in [5.74, 6) is -1.24. The fraction of sp³-hybridized carbons (Fsp3) is 0.222. The quantitative estimate of drug-likeness (QED) is 0.310. The number of nitrogens with zero attached hydrogens (tertiary/aromatic N) is 1. The molecule has 0 aliphatic carbocycles. The number of ether oxygens (including phenoxy) is 1. The van der Waals surface area contributed by atoms with E-state index in [1.807, 2.05) is 12.1 Å². The molecule has 0 aliphatic rings. The molecule has 2 rings (SSSR count). The summed E-state index contributed by atoms with van der Waals surface area (Å²) in [5, 5.41) is 14.3. The minimum absolute atomic E-state index is 0.0217. The van der Waals surface area contributed by atoms with Crippen molar-refractivity contribution in [3.05, 3.63) is 68.7 Å². The first-order chi connectivity index (χ1) is 12.9. The highest BCUT2D eigenvalue weighted by Gasteiger charge is 2.18. The van der Waals surface area contributed by atoms with Gasteiger partial charge < -0.3 is 10.1 Å². The normalized spacial score (nSPS) is 10.3. The standard InChI is InChI=1S/C18H17ClN2O5S/c1-27-16-7-4-13(10-15(16)21(24)25)18(23)26-11-17(22)20-9-8-12-2-5-14(19)6-3-12/h2-7,10H,8-9,11H2,1H3,(H,20,22). The summed E-state index contributed by atoms with van der Waals surface area (Å²) in [6.45, 7) is -0.0799. The van der Waals surface area contributed by atoms with E-state index in [0.717, 1.165) is 11.6 Å². The zero-order valence-corrected chi connectivity index (χ0v) is 16.0. The molecule has 0 spiro atoms. The predicted octanol–water partition coefficient (Wildman–Crippen LogP) is 3.49. The number of benzene rings is 2. The van der Waals surface area contributed by atoms with Crippen LogP contribution in [0.15, 0.2) is 47.4 Å². The Labute approximate surface area is 165 Å². The molecule has 0 aliphatic heterocycles. The highest BCUT2D eigenvalue weighted by molar-refractivity contribution is 7.98. The molecule has 2 aromatic carbocycles. The number of carbonyl (C=O) groups excluding carboxylic acids is 2. The Bertz CT molecular complexity index is 842. The number of hydrogen-bond acceptors (Lipinski definition) is 6. The van der Waals surface area contributed by atoms with Gasteiger partial charge in [-0.15, -0.1) is 11.8 Å². The smallest absolute Gasteiger partial charge is 0.338 e. The number of thioether (sulfide) groups is 1. The zero-order valence-electron chi connectivity index (χ0n) is 14.4. The van der Waals surface area contributed by atoms with Crippen molar-refractivity contribution < 1.29 is 19.2 Å². The molecule has 0 atom stereocenters. The molecule has 142 valence electrons. The highest BCUT2D eigenvalue weighted by atomic mass is 35.5. The van der Waals surface area contributed by atoms with E-state index < -0.39 is 23.4 Å². The van der Waals surface area contributed by atoms with Gasteiger partial charge in [0.15, 0.2) is 6.61 Å². The molecule has 0 saturated carbocycles. The summed E-state index contributed by atoms with van der Waals surface area (Å²) >= 11 is 7.01. The summed E-state index contributed by atoms with van der Waals surface area (Å²) in [7, 11) is 0. The SMILES string of the molecule is CSc1ccc(C(=O)OCC(=O)NCCc2ccc(Cl)cc2)cc1[N+](=O)[O-]. The second kappa shape index (κ2) is 9.94. The van der Waals surface area contributed by atoms with E-state index in [-0.39, 0.29) is 11.3 Å². The molecular formula is C18H17ClN2O5S. The molecule has 1 amide bonds. The molecule has 2 aromatic rings. The lowest BCUT2D eigenvalue weighted by Crippen LogP contribution is -2.30. The van der Waals surface area contributed by atoms with Crippen LogP contribution in [0.1, 0.15) is 15.9 Å². The predicted molar refractivity (Wildman–Crippen MR) is 103 cm³/mol. The van der Waals surface area contributed by atoms with Crippen molar-refractivity contribution in [2.24, 2.45) is 0 Å². The molecule has 0 aromatic heterocycles. The second-order valence-electron chi connectivity index (χ2n) is 5.45. The Morgan fingerprint density at radius 1 is 1.22 bits per heavy atom. The fourth-order valence-electron chi connectivity index (χ4n) is 2.22. The fourth-order valence-corrected chi connectivity index (χ4v) is 2.90. The minimum Gasteiger partial charge on any atom is -0.452 e. The van der Waals surface area contributed by atoms with Gasteiger partial charge in [0.2, 0.25) is 0 Å². The van der Waals surface area contributed by atoms with E-state index in [0.29, 0.717) is 22.9 Å². The van der Waals surface area contributed by atoms with E-state index >= 15 is 0 Å². The van der Waals surface area contributed by atoms with Crippen LogP contribution < -0.4 is 5.32 Å². The van der Waals surface area contributed by atoms with Gasteiger partial charge in [-0.3, -0.25) is 14.9 Å². The van der Waals surface area contributed by atoms with Gasteiger partial charge in [0.25, 0.3) is 11.6 Å². The molecule has 7 nitrogen and oxygen atoms in total. The molecule has 0 heterocycles. The van der Waals surface area contributed by atoms with Gasteiger partial charge in [-0.25, -0.2) is 4.79 Å². The summed E-state index contributed by atoms with van der Waals surface area (Å²) in [6.07, 6.45) is 2.31. The molecule has 1 N–H and O–H groups in total. The Morgan fingerprint density at radius 2 is 1.93 bits per heavy atom. The van der Waals surface area contributed by atoms with Crippen LogP contribution in [-0.2, 0) is 16.0 Å². The molecular weight excluding hydrogens is 392 g/mol. The van der Waals surface area contributed by atoms with E-state index in [1.54, 1.807) is 18.4 Å². The van der Waals surface area contributed by atoms with Crippen LogP contribution >= 0.6 is 23.4 Å². The van der Waals surface area contributed by atoms with Crippen LogP contribution in [0.3, 0.4) is 0 Å². The lowest BCUT2D eigenvalue weighted by atomic mass is 10.1. The van der Waals surface area contributed by atoms with E-state index in [4.69, 9.17) is 16.3 Å². The van der Waals surface area contributed by atoms with Gasteiger partial charge in [-0.1, -0.05) is 23.7 Å². The number of halogens is 1. The van der Waals surface area contributed by atoms with Crippen molar-refractivity contribution in [3.63, 3.8) is 0 Å². The number of carbonyl (C=O) groups is 2. The van der Waals surface area contributed by atoms with Crippen molar-refractivity contribution in [1.29, 1.82) is 0 Å². The van der Waals surface area contributed by atoms with Crippen LogP contribution in [0.25, 0.3) is 0 Å². The van der Waals surface area contributed by atoms with Crippen molar-refractivity contribution in [2.75, 3.05) is 19.4 Å². The van der Waals surface area contributed by atoms with Gasteiger partial charge in [-0.05, 0) is 42.5 Å². The zero-order chi connectivity index (χ0) is 19.8. The lowest BCUT2D eigenvalue weighted by molar-refractivity contribution is -0.387. The molecule has 0 bridgehead atoms. The number of amides is 1. The van der Waals surface area contributed by atoms with Crippen LogP contribution in [0.4, 0.5) is 5.69 Å². The third kappa shape index (κ3) is 6.26. The number of nitro groups is 1. The number of nitrogens with one attached hydrogen (secondary N) is 1. The van der Waals surface area contributed by atoms with Gasteiger partial charge in [0.1, 0.15) is 0 Å². The molecule has 27 heavy (non-hydrogen) atoms.